The Kier molecular flexibility index (Phi) is 8.28. The lowest BCUT2D eigenvalue weighted by Gasteiger charge is -2.22. The third kappa shape index (κ3) is 5.93. The van der Waals surface area contributed by atoms with Gasteiger partial charge in [0.15, 0.2) is 4.84 Å². The van der Waals surface area contributed by atoms with Crippen molar-refractivity contribution in [1.82, 2.24) is 25.0 Å². The minimum atomic E-state index is -2.18. The number of aliphatic hydroxyl groups is 1. The van der Waals surface area contributed by atoms with Gasteiger partial charge in [-0.1, -0.05) is 40.5 Å². The molecule has 2 unspecified atom stereocenters. The first-order chi connectivity index (χ1) is 13.2. The molecule has 0 radical (unpaired) electrons. The molecule has 1 aromatic carbocycles. The number of carbonyl (C=O) groups is 1. The standard InChI is InChI=1S/C15H18Cl2FN5O4S/c1-8(21-28(26)27)12-7-23(22-20-12)10-4-2-9(3-5-10)13(24)11(6-18)19-15(25)14(16)17/h2-5,7-8,11,13-14,21,24H,6H2,1H3,(H,19,25)(H,26,27)/t8?,11-,13+/m1/s1. The van der Waals surface area contributed by atoms with Crippen molar-refractivity contribution in [2.24, 2.45) is 0 Å². The molecule has 0 saturated carbocycles. The fourth-order valence-corrected chi connectivity index (χ4v) is 2.87. The Morgan fingerprint density at radius 1 is 1.36 bits per heavy atom. The Morgan fingerprint density at radius 2 is 2.00 bits per heavy atom. The Balaban J connectivity index is 2.11. The first kappa shape index (κ1) is 22.7. The third-order valence-corrected chi connectivity index (χ3v) is 4.76. The number of alkyl halides is 3. The van der Waals surface area contributed by atoms with E-state index in [0.717, 1.165) is 0 Å². The maximum Gasteiger partial charge on any atom is 0.253 e. The van der Waals surface area contributed by atoms with Crippen LogP contribution < -0.4 is 10.0 Å². The van der Waals surface area contributed by atoms with Gasteiger partial charge < -0.3 is 10.4 Å². The Hall–Kier alpha value is -1.63. The average Bonchev–Trinajstić information content (AvgIpc) is 3.15. The summed E-state index contributed by atoms with van der Waals surface area (Å²) >= 11 is 8.65. The van der Waals surface area contributed by atoms with E-state index in [1.165, 1.54) is 4.68 Å². The molecule has 2 aromatic rings. The maximum atomic E-state index is 13.2. The van der Waals surface area contributed by atoms with E-state index >= 15 is 0 Å². The van der Waals surface area contributed by atoms with Crippen LogP contribution in [0.15, 0.2) is 30.5 Å². The first-order valence-corrected chi connectivity index (χ1v) is 9.93. The van der Waals surface area contributed by atoms with Crippen LogP contribution in [0.25, 0.3) is 5.69 Å². The van der Waals surface area contributed by atoms with Crippen molar-refractivity contribution in [3.05, 3.63) is 41.7 Å². The zero-order chi connectivity index (χ0) is 20.8. The lowest BCUT2D eigenvalue weighted by Crippen LogP contribution is -2.43. The van der Waals surface area contributed by atoms with E-state index in [2.05, 4.69) is 20.4 Å². The second kappa shape index (κ2) is 10.2. The van der Waals surface area contributed by atoms with Crippen LogP contribution in [0, 0.1) is 0 Å². The molecule has 0 fully saturated rings. The molecule has 4 N–H and O–H groups in total. The van der Waals surface area contributed by atoms with Gasteiger partial charge >= 0.3 is 0 Å². The minimum absolute atomic E-state index is 0.360. The van der Waals surface area contributed by atoms with Crippen LogP contribution in [0.1, 0.15) is 30.3 Å². The van der Waals surface area contributed by atoms with Gasteiger partial charge in [0.25, 0.3) is 5.91 Å². The molecule has 9 nitrogen and oxygen atoms in total. The van der Waals surface area contributed by atoms with Crippen LogP contribution in [0.4, 0.5) is 4.39 Å². The molecule has 0 aliphatic heterocycles. The summed E-state index contributed by atoms with van der Waals surface area (Å²) in [5.41, 5.74) is 1.40. The second-order valence-corrected chi connectivity index (χ2v) is 7.61. The van der Waals surface area contributed by atoms with Crippen LogP contribution in [-0.2, 0) is 16.1 Å². The molecule has 0 spiro atoms. The lowest BCUT2D eigenvalue weighted by atomic mass is 10.0. The molecule has 28 heavy (non-hydrogen) atoms. The van der Waals surface area contributed by atoms with E-state index in [0.29, 0.717) is 16.9 Å². The topological polar surface area (TPSA) is 129 Å². The zero-order valence-electron chi connectivity index (χ0n) is 14.5. The highest BCUT2D eigenvalue weighted by Gasteiger charge is 2.25. The van der Waals surface area contributed by atoms with Crippen molar-refractivity contribution in [3.63, 3.8) is 0 Å². The molecule has 13 heteroatoms. The lowest BCUT2D eigenvalue weighted by molar-refractivity contribution is -0.121. The number of hydrogen-bond acceptors (Lipinski definition) is 5. The van der Waals surface area contributed by atoms with Crippen molar-refractivity contribution in [2.75, 3.05) is 6.67 Å². The monoisotopic (exact) mass is 453 g/mol. The molecule has 1 amide bonds. The number of aromatic nitrogens is 3. The molecule has 1 aromatic heterocycles. The SMILES string of the molecule is CC(NS(=O)O)c1cn(-c2ccc([C@H](O)[C@@H](CF)NC(=O)C(Cl)Cl)cc2)nn1. The quantitative estimate of drug-likeness (QED) is 0.334. The van der Waals surface area contributed by atoms with Gasteiger partial charge in [0.1, 0.15) is 18.5 Å². The number of hydrogen-bond donors (Lipinski definition) is 4. The summed E-state index contributed by atoms with van der Waals surface area (Å²) in [6.45, 7) is 0.637. The number of nitrogens with zero attached hydrogens (tertiary/aromatic N) is 3. The van der Waals surface area contributed by atoms with E-state index in [9.17, 15) is 18.5 Å². The predicted molar refractivity (Wildman–Crippen MR) is 102 cm³/mol. The van der Waals surface area contributed by atoms with Gasteiger partial charge in [-0.05, 0) is 24.6 Å². The molecule has 2 rings (SSSR count). The van der Waals surface area contributed by atoms with Crippen LogP contribution in [-0.4, -0.2) is 52.3 Å². The Labute approximate surface area is 172 Å². The van der Waals surface area contributed by atoms with Crippen molar-refractivity contribution in [3.8, 4) is 5.69 Å². The van der Waals surface area contributed by atoms with Crippen molar-refractivity contribution >= 4 is 40.4 Å². The third-order valence-electron chi connectivity index (χ3n) is 3.80. The van der Waals surface area contributed by atoms with Crippen LogP contribution in [0.5, 0.6) is 0 Å². The number of benzene rings is 1. The van der Waals surface area contributed by atoms with Crippen molar-refractivity contribution < 1.29 is 23.1 Å². The van der Waals surface area contributed by atoms with E-state index in [1.54, 1.807) is 37.4 Å². The maximum absolute atomic E-state index is 13.2. The zero-order valence-corrected chi connectivity index (χ0v) is 16.8. The molecule has 154 valence electrons. The molecule has 0 saturated heterocycles. The number of aliphatic hydroxyl groups excluding tert-OH is 1. The normalized spacial score (nSPS) is 15.8. The van der Waals surface area contributed by atoms with Gasteiger partial charge in [-0.2, -0.15) is 0 Å². The number of nitrogens with one attached hydrogen (secondary N) is 2. The highest BCUT2D eigenvalue weighted by atomic mass is 35.5. The largest absolute Gasteiger partial charge is 0.386 e. The minimum Gasteiger partial charge on any atom is -0.386 e. The van der Waals surface area contributed by atoms with Gasteiger partial charge in [0.05, 0.1) is 24.0 Å². The molecule has 0 aliphatic rings. The van der Waals surface area contributed by atoms with Gasteiger partial charge in [-0.3, -0.25) is 9.35 Å². The summed E-state index contributed by atoms with van der Waals surface area (Å²) in [6.07, 6.45) is 0.256. The number of amides is 1. The molecular formula is C15H18Cl2FN5O4S. The number of carbonyl (C=O) groups excluding carboxylic acids is 1. The average molecular weight is 454 g/mol. The van der Waals surface area contributed by atoms with Crippen molar-refractivity contribution in [2.45, 2.75) is 29.9 Å². The van der Waals surface area contributed by atoms with Gasteiger partial charge in [0, 0.05) is 0 Å². The second-order valence-electron chi connectivity index (χ2n) is 5.78. The van der Waals surface area contributed by atoms with Crippen LogP contribution in [0.3, 0.4) is 0 Å². The smallest absolute Gasteiger partial charge is 0.253 e. The Bertz CT molecular complexity index is 823. The molecular weight excluding hydrogens is 436 g/mol. The van der Waals surface area contributed by atoms with E-state index in [-0.39, 0.29) is 0 Å². The van der Waals surface area contributed by atoms with E-state index in [1.807, 2.05) is 0 Å². The van der Waals surface area contributed by atoms with E-state index < -0.39 is 46.9 Å². The highest BCUT2D eigenvalue weighted by molar-refractivity contribution is 7.77. The Morgan fingerprint density at radius 3 is 2.54 bits per heavy atom. The van der Waals surface area contributed by atoms with Gasteiger partial charge in [-0.15, -0.1) is 5.10 Å². The fourth-order valence-electron chi connectivity index (χ4n) is 2.32. The number of halogens is 3. The molecule has 0 aliphatic carbocycles. The summed E-state index contributed by atoms with van der Waals surface area (Å²) in [6, 6.07) is 4.61. The molecule has 1 heterocycles. The summed E-state index contributed by atoms with van der Waals surface area (Å²) in [5.74, 6) is -0.802. The fraction of sp³-hybridized carbons (Fsp3) is 0.400. The highest BCUT2D eigenvalue weighted by Crippen LogP contribution is 2.20. The first-order valence-electron chi connectivity index (χ1n) is 7.95. The van der Waals surface area contributed by atoms with Crippen LogP contribution in [0.2, 0.25) is 0 Å². The summed E-state index contributed by atoms with van der Waals surface area (Å²) in [7, 11) is 0. The van der Waals surface area contributed by atoms with Gasteiger partial charge in [0.2, 0.25) is 11.3 Å². The molecule has 0 bridgehead atoms. The predicted octanol–water partition coefficient (Wildman–Crippen LogP) is 1.35. The number of rotatable bonds is 9. The summed E-state index contributed by atoms with van der Waals surface area (Å²) in [5, 5.41) is 20.4. The molecule has 4 atom stereocenters. The van der Waals surface area contributed by atoms with Crippen LogP contribution >= 0.6 is 23.2 Å². The van der Waals surface area contributed by atoms with E-state index in [4.69, 9.17) is 27.8 Å². The van der Waals surface area contributed by atoms with Gasteiger partial charge in [-0.25, -0.2) is 18.0 Å². The summed E-state index contributed by atoms with van der Waals surface area (Å²) in [4.78, 5) is 10.1. The van der Waals surface area contributed by atoms with Crippen molar-refractivity contribution in [1.29, 1.82) is 0 Å². The summed E-state index contributed by atoms with van der Waals surface area (Å²) < 4.78 is 36.7.